The maximum absolute atomic E-state index is 11.2. The molecule has 0 aromatic rings. The molecule has 0 heterocycles. The monoisotopic (exact) mass is 219 g/mol. The molecule has 0 aliphatic carbocycles. The van der Waals surface area contributed by atoms with Gasteiger partial charge in [0.15, 0.2) is 9.84 Å². The van der Waals surface area contributed by atoms with Gasteiger partial charge in [0, 0.05) is 5.54 Å². The van der Waals surface area contributed by atoms with Crippen LogP contribution in [0.25, 0.3) is 0 Å². The first-order valence-corrected chi connectivity index (χ1v) is 6.11. The van der Waals surface area contributed by atoms with Gasteiger partial charge in [-0.15, -0.1) is 6.58 Å². The Morgan fingerprint density at radius 1 is 1.43 bits per heavy atom. The SMILES string of the molecule is C=CCS(=O)(=O)CC(=O)NC(C)(C)C. The van der Waals surface area contributed by atoms with Crippen LogP contribution in [0.2, 0.25) is 0 Å². The summed E-state index contributed by atoms with van der Waals surface area (Å²) in [7, 11) is -3.33. The molecule has 5 heteroatoms. The summed E-state index contributed by atoms with van der Waals surface area (Å²) in [6.45, 7) is 8.71. The van der Waals surface area contributed by atoms with Gasteiger partial charge in [-0.2, -0.15) is 0 Å². The van der Waals surface area contributed by atoms with Gasteiger partial charge in [0.2, 0.25) is 5.91 Å². The molecule has 0 bridgehead atoms. The maximum atomic E-state index is 11.2. The molecule has 0 atom stereocenters. The van der Waals surface area contributed by atoms with Crippen LogP contribution in [0.15, 0.2) is 12.7 Å². The van der Waals surface area contributed by atoms with E-state index in [9.17, 15) is 13.2 Å². The summed E-state index contributed by atoms with van der Waals surface area (Å²) < 4.78 is 22.4. The third kappa shape index (κ3) is 6.65. The average Bonchev–Trinajstić information content (AvgIpc) is 1.78. The van der Waals surface area contributed by atoms with Crippen LogP contribution < -0.4 is 5.32 Å². The summed E-state index contributed by atoms with van der Waals surface area (Å²) in [5.74, 6) is -1.11. The van der Waals surface area contributed by atoms with Crippen LogP contribution in [-0.2, 0) is 14.6 Å². The lowest BCUT2D eigenvalue weighted by molar-refractivity contribution is -0.119. The molecule has 0 saturated carbocycles. The van der Waals surface area contributed by atoms with E-state index < -0.39 is 27.0 Å². The number of hydrogen-bond acceptors (Lipinski definition) is 3. The lowest BCUT2D eigenvalue weighted by atomic mass is 10.1. The third-order valence-electron chi connectivity index (χ3n) is 1.24. The van der Waals surface area contributed by atoms with E-state index in [2.05, 4.69) is 11.9 Å². The van der Waals surface area contributed by atoms with E-state index in [0.29, 0.717) is 0 Å². The Hall–Kier alpha value is -0.840. The fourth-order valence-electron chi connectivity index (χ4n) is 0.893. The molecule has 1 amide bonds. The molecule has 0 rings (SSSR count). The Morgan fingerprint density at radius 2 is 1.93 bits per heavy atom. The van der Waals surface area contributed by atoms with Crippen molar-refractivity contribution in [1.82, 2.24) is 5.32 Å². The van der Waals surface area contributed by atoms with Crippen molar-refractivity contribution in [2.75, 3.05) is 11.5 Å². The molecular formula is C9H17NO3S. The number of carbonyl (C=O) groups is 1. The molecule has 0 unspecified atom stereocenters. The fourth-order valence-corrected chi connectivity index (χ4v) is 1.84. The van der Waals surface area contributed by atoms with Gasteiger partial charge in [-0.3, -0.25) is 4.79 Å². The van der Waals surface area contributed by atoms with E-state index in [1.165, 1.54) is 6.08 Å². The van der Waals surface area contributed by atoms with Crippen LogP contribution in [0.3, 0.4) is 0 Å². The highest BCUT2D eigenvalue weighted by Crippen LogP contribution is 1.99. The zero-order valence-electron chi connectivity index (χ0n) is 8.83. The minimum atomic E-state index is -3.33. The van der Waals surface area contributed by atoms with E-state index >= 15 is 0 Å². The van der Waals surface area contributed by atoms with Gasteiger partial charge >= 0.3 is 0 Å². The van der Waals surface area contributed by atoms with Crippen LogP contribution in [0.1, 0.15) is 20.8 Å². The summed E-state index contributed by atoms with van der Waals surface area (Å²) in [5.41, 5.74) is -0.402. The lowest BCUT2D eigenvalue weighted by Crippen LogP contribution is -2.43. The van der Waals surface area contributed by atoms with E-state index in [4.69, 9.17) is 0 Å². The quantitative estimate of drug-likeness (QED) is 0.700. The predicted octanol–water partition coefficient (Wildman–Crippen LogP) is 0.502. The van der Waals surface area contributed by atoms with Crippen LogP contribution in [0.4, 0.5) is 0 Å². The van der Waals surface area contributed by atoms with E-state index in [1.807, 2.05) is 0 Å². The molecule has 0 fully saturated rings. The fraction of sp³-hybridized carbons (Fsp3) is 0.667. The molecule has 0 aromatic heterocycles. The molecule has 0 aliphatic rings. The highest BCUT2D eigenvalue weighted by atomic mass is 32.2. The van der Waals surface area contributed by atoms with Gasteiger partial charge < -0.3 is 5.32 Å². The molecule has 0 radical (unpaired) electrons. The van der Waals surface area contributed by atoms with Crippen LogP contribution in [-0.4, -0.2) is 31.4 Å². The molecule has 0 aliphatic heterocycles. The van der Waals surface area contributed by atoms with Crippen molar-refractivity contribution in [2.45, 2.75) is 26.3 Å². The van der Waals surface area contributed by atoms with Crippen molar-refractivity contribution in [3.05, 3.63) is 12.7 Å². The van der Waals surface area contributed by atoms with Gasteiger partial charge in [0.25, 0.3) is 0 Å². The number of hydrogen-bond donors (Lipinski definition) is 1. The summed E-state index contributed by atoms with van der Waals surface area (Å²) in [6, 6.07) is 0. The Bertz CT molecular complexity index is 311. The largest absolute Gasteiger partial charge is 0.351 e. The Balaban J connectivity index is 4.27. The van der Waals surface area contributed by atoms with Gasteiger partial charge in [-0.1, -0.05) is 6.08 Å². The predicted molar refractivity (Wildman–Crippen MR) is 56.7 cm³/mol. The minimum Gasteiger partial charge on any atom is -0.351 e. The van der Waals surface area contributed by atoms with Crippen LogP contribution >= 0.6 is 0 Å². The molecule has 4 nitrogen and oxygen atoms in total. The molecule has 1 N–H and O–H groups in total. The second kappa shape index (κ2) is 4.59. The first-order valence-electron chi connectivity index (χ1n) is 4.28. The van der Waals surface area contributed by atoms with Crippen LogP contribution in [0.5, 0.6) is 0 Å². The number of rotatable bonds is 4. The number of amides is 1. The summed E-state index contributed by atoms with van der Waals surface area (Å²) in [4.78, 5) is 11.2. The number of carbonyl (C=O) groups excluding carboxylic acids is 1. The maximum Gasteiger partial charge on any atom is 0.235 e. The standard InChI is InChI=1S/C9H17NO3S/c1-5-6-14(12,13)7-8(11)10-9(2,3)4/h5H,1,6-7H2,2-4H3,(H,10,11). The third-order valence-corrected chi connectivity index (χ3v) is 2.68. The topological polar surface area (TPSA) is 63.2 Å². The zero-order valence-corrected chi connectivity index (χ0v) is 9.65. The Labute approximate surface area is 85.3 Å². The van der Waals surface area contributed by atoms with Gasteiger partial charge in [0.05, 0.1) is 5.75 Å². The highest BCUT2D eigenvalue weighted by molar-refractivity contribution is 7.92. The van der Waals surface area contributed by atoms with Crippen molar-refractivity contribution in [3.63, 3.8) is 0 Å². The highest BCUT2D eigenvalue weighted by Gasteiger charge is 2.19. The number of nitrogens with one attached hydrogen (secondary N) is 1. The molecule has 0 aromatic carbocycles. The molecular weight excluding hydrogens is 202 g/mol. The Morgan fingerprint density at radius 3 is 2.29 bits per heavy atom. The summed E-state index contributed by atoms with van der Waals surface area (Å²) in [5, 5.41) is 2.58. The average molecular weight is 219 g/mol. The lowest BCUT2D eigenvalue weighted by Gasteiger charge is -2.20. The van der Waals surface area contributed by atoms with Gasteiger partial charge in [0.1, 0.15) is 5.75 Å². The van der Waals surface area contributed by atoms with Crippen molar-refractivity contribution in [2.24, 2.45) is 0 Å². The first-order chi connectivity index (χ1) is 6.16. The molecule has 0 saturated heterocycles. The summed E-state index contributed by atoms with van der Waals surface area (Å²) in [6.07, 6.45) is 1.28. The van der Waals surface area contributed by atoms with Crippen LogP contribution in [0, 0.1) is 0 Å². The molecule has 14 heavy (non-hydrogen) atoms. The zero-order chi connectivity index (χ0) is 11.4. The van der Waals surface area contributed by atoms with Crippen molar-refractivity contribution >= 4 is 15.7 Å². The first kappa shape index (κ1) is 13.2. The van der Waals surface area contributed by atoms with Crippen molar-refractivity contribution in [1.29, 1.82) is 0 Å². The van der Waals surface area contributed by atoms with E-state index in [-0.39, 0.29) is 5.75 Å². The second-order valence-corrected chi connectivity index (χ2v) is 6.25. The number of sulfone groups is 1. The van der Waals surface area contributed by atoms with E-state index in [0.717, 1.165) is 0 Å². The summed E-state index contributed by atoms with van der Waals surface area (Å²) >= 11 is 0. The molecule has 0 spiro atoms. The minimum absolute atomic E-state index is 0.162. The van der Waals surface area contributed by atoms with Crippen molar-refractivity contribution in [3.8, 4) is 0 Å². The van der Waals surface area contributed by atoms with Gasteiger partial charge in [-0.25, -0.2) is 8.42 Å². The Kier molecular flexibility index (Phi) is 4.32. The van der Waals surface area contributed by atoms with Crippen molar-refractivity contribution < 1.29 is 13.2 Å². The molecule has 82 valence electrons. The van der Waals surface area contributed by atoms with Gasteiger partial charge in [-0.05, 0) is 20.8 Å². The normalized spacial score (nSPS) is 12.2. The second-order valence-electron chi connectivity index (χ2n) is 4.14. The van der Waals surface area contributed by atoms with E-state index in [1.54, 1.807) is 20.8 Å². The smallest absolute Gasteiger partial charge is 0.235 e.